The number of aryl methyl sites for hydroxylation is 1. The molecule has 6 nitrogen and oxygen atoms in total. The molecule has 46 heavy (non-hydrogen) atoms. The average molecular weight is 628 g/mol. The molecule has 0 spiro atoms. The third kappa shape index (κ3) is 8.80. The molecule has 6 heteroatoms. The monoisotopic (exact) mass is 627 g/mol. The molecule has 2 aromatic rings. The highest BCUT2D eigenvalue weighted by Gasteiger charge is 2.35. The quantitative estimate of drug-likeness (QED) is 0.333. The maximum atomic E-state index is 14.1. The smallest absolute Gasteiger partial charge is 0.254 e. The Morgan fingerprint density at radius 1 is 0.522 bits per heavy atom. The lowest BCUT2D eigenvalue weighted by Crippen LogP contribution is -2.49. The van der Waals surface area contributed by atoms with Crippen LogP contribution in [0.3, 0.4) is 0 Å². The molecule has 0 aliphatic heterocycles. The first-order valence-electron chi connectivity index (χ1n) is 18.5. The van der Waals surface area contributed by atoms with Crippen LogP contribution in [0.4, 0.5) is 0 Å². The maximum absolute atomic E-state index is 14.1. The minimum atomic E-state index is -0.363. The summed E-state index contributed by atoms with van der Waals surface area (Å²) in [6.45, 7) is 1.86. The van der Waals surface area contributed by atoms with Crippen LogP contribution in [0, 0.1) is 6.92 Å². The predicted octanol–water partition coefficient (Wildman–Crippen LogP) is 9.00. The number of hydrogen-bond donors (Lipinski definition) is 1. The highest BCUT2D eigenvalue weighted by atomic mass is 16.2. The van der Waals surface area contributed by atoms with Crippen LogP contribution < -0.4 is 5.73 Å². The van der Waals surface area contributed by atoms with Crippen molar-refractivity contribution in [3.8, 4) is 0 Å². The standard InChI is InChI=1S/C32H48N2O2.C8H9NO/c35-31(33(27-16-5-1-6-17-27)28-18-7-2-8-19-28)25-14-13-15-26(24-25)32(36)34(29-20-9-3-10-21-29)30-22-11-4-12-23-30;1-6-4-2-3-5-7(6)8(9)10/h13-15,24,27-30H,1-12,16-23H2;2-5H,1H3,(H2,9,10). The van der Waals surface area contributed by atoms with Gasteiger partial charge in [0.15, 0.2) is 0 Å². The van der Waals surface area contributed by atoms with Crippen LogP contribution in [-0.2, 0) is 0 Å². The van der Waals surface area contributed by atoms with Crippen LogP contribution in [0.5, 0.6) is 0 Å². The fourth-order valence-electron chi connectivity index (χ4n) is 8.63. The van der Waals surface area contributed by atoms with Crippen molar-refractivity contribution >= 4 is 17.7 Å². The van der Waals surface area contributed by atoms with Crippen molar-refractivity contribution in [2.45, 2.75) is 160 Å². The minimum absolute atomic E-state index is 0.172. The fraction of sp³-hybridized carbons (Fsp3) is 0.625. The van der Waals surface area contributed by atoms with Crippen LogP contribution >= 0.6 is 0 Å². The molecule has 0 unspecified atom stereocenters. The van der Waals surface area contributed by atoms with E-state index in [0.29, 0.717) is 29.7 Å². The molecule has 0 aromatic heterocycles. The number of nitrogens with zero attached hydrogens (tertiary/aromatic N) is 2. The van der Waals surface area contributed by atoms with E-state index in [1.54, 1.807) is 12.1 Å². The molecule has 2 aromatic carbocycles. The second-order valence-electron chi connectivity index (χ2n) is 14.4. The van der Waals surface area contributed by atoms with E-state index >= 15 is 0 Å². The van der Waals surface area contributed by atoms with Gasteiger partial charge in [0.2, 0.25) is 5.91 Å². The molecular weight excluding hydrogens is 570 g/mol. The highest BCUT2D eigenvalue weighted by Crippen LogP contribution is 2.34. The molecule has 0 saturated heterocycles. The van der Waals surface area contributed by atoms with E-state index < -0.39 is 0 Å². The summed E-state index contributed by atoms with van der Waals surface area (Å²) in [7, 11) is 0. The normalized spacial score (nSPS) is 20.3. The van der Waals surface area contributed by atoms with Gasteiger partial charge in [0.25, 0.3) is 11.8 Å². The molecule has 0 atom stereocenters. The number of nitrogens with two attached hydrogens (primary N) is 1. The third-order valence-electron chi connectivity index (χ3n) is 11.1. The minimum Gasteiger partial charge on any atom is -0.366 e. The number of carbonyl (C=O) groups excluding carboxylic acids is 3. The molecule has 4 saturated carbocycles. The Labute approximate surface area is 277 Å². The number of hydrogen-bond acceptors (Lipinski definition) is 3. The first-order valence-corrected chi connectivity index (χ1v) is 18.5. The molecule has 2 N–H and O–H groups in total. The van der Waals surface area contributed by atoms with Crippen molar-refractivity contribution < 1.29 is 14.4 Å². The van der Waals surface area contributed by atoms with Gasteiger partial charge in [-0.15, -0.1) is 0 Å². The van der Waals surface area contributed by atoms with E-state index in [1.165, 1.54) is 77.0 Å². The first-order chi connectivity index (χ1) is 22.4. The van der Waals surface area contributed by atoms with Crippen molar-refractivity contribution in [2.75, 3.05) is 0 Å². The lowest BCUT2D eigenvalue weighted by Gasteiger charge is -2.42. The van der Waals surface area contributed by atoms with E-state index in [4.69, 9.17) is 5.73 Å². The molecule has 0 radical (unpaired) electrons. The number of benzene rings is 2. The highest BCUT2D eigenvalue weighted by molar-refractivity contribution is 6.00. The topological polar surface area (TPSA) is 83.7 Å². The molecule has 4 fully saturated rings. The predicted molar refractivity (Wildman–Crippen MR) is 186 cm³/mol. The summed E-state index contributed by atoms with van der Waals surface area (Å²) < 4.78 is 0. The summed E-state index contributed by atoms with van der Waals surface area (Å²) in [5, 5.41) is 0. The van der Waals surface area contributed by atoms with E-state index in [-0.39, 0.29) is 17.7 Å². The lowest BCUT2D eigenvalue weighted by molar-refractivity contribution is 0.0446. The van der Waals surface area contributed by atoms with Crippen LogP contribution in [0.25, 0.3) is 0 Å². The van der Waals surface area contributed by atoms with E-state index in [0.717, 1.165) is 68.1 Å². The molecule has 4 aliphatic rings. The van der Waals surface area contributed by atoms with E-state index in [1.807, 2.05) is 43.3 Å². The van der Waals surface area contributed by atoms with Gasteiger partial charge in [0.1, 0.15) is 0 Å². The third-order valence-corrected chi connectivity index (χ3v) is 11.1. The second kappa shape index (κ2) is 17.1. The summed E-state index contributed by atoms with van der Waals surface area (Å²) in [5.74, 6) is -0.0197. The summed E-state index contributed by atoms with van der Waals surface area (Å²) in [5.41, 5.74) is 8.05. The molecule has 0 heterocycles. The Morgan fingerprint density at radius 2 is 0.870 bits per heavy atom. The van der Waals surface area contributed by atoms with Crippen molar-refractivity contribution in [1.82, 2.24) is 9.80 Å². The number of amides is 3. The Hall–Kier alpha value is -3.15. The van der Waals surface area contributed by atoms with Gasteiger partial charge >= 0.3 is 0 Å². The van der Waals surface area contributed by atoms with Gasteiger partial charge < -0.3 is 15.5 Å². The van der Waals surface area contributed by atoms with Crippen LogP contribution in [-0.4, -0.2) is 51.7 Å². The van der Waals surface area contributed by atoms with E-state index in [2.05, 4.69) is 9.80 Å². The van der Waals surface area contributed by atoms with Crippen LogP contribution in [0.15, 0.2) is 48.5 Å². The zero-order valence-electron chi connectivity index (χ0n) is 28.3. The van der Waals surface area contributed by atoms with Gasteiger partial charge in [-0.2, -0.15) is 0 Å². The average Bonchev–Trinajstić information content (AvgIpc) is 3.11. The lowest BCUT2D eigenvalue weighted by atomic mass is 9.87. The molecule has 4 aliphatic carbocycles. The van der Waals surface area contributed by atoms with Gasteiger partial charge in [-0.1, -0.05) is 101 Å². The number of carbonyl (C=O) groups is 3. The number of primary amides is 1. The zero-order chi connectivity index (χ0) is 32.3. The summed E-state index contributed by atoms with van der Waals surface area (Å²) in [6, 6.07) is 16.6. The Morgan fingerprint density at radius 3 is 1.17 bits per heavy atom. The maximum Gasteiger partial charge on any atom is 0.254 e. The van der Waals surface area contributed by atoms with Gasteiger partial charge in [-0.05, 0) is 88.1 Å². The van der Waals surface area contributed by atoms with Crippen molar-refractivity contribution in [1.29, 1.82) is 0 Å². The summed E-state index contributed by atoms with van der Waals surface area (Å²) in [4.78, 5) is 43.4. The molecule has 6 rings (SSSR count). The van der Waals surface area contributed by atoms with Crippen LogP contribution in [0.1, 0.15) is 165 Å². The second-order valence-corrected chi connectivity index (χ2v) is 14.4. The van der Waals surface area contributed by atoms with Gasteiger partial charge in [0.05, 0.1) is 0 Å². The molecule has 0 bridgehead atoms. The van der Waals surface area contributed by atoms with Gasteiger partial charge in [0, 0.05) is 40.9 Å². The van der Waals surface area contributed by atoms with Crippen molar-refractivity contribution in [3.63, 3.8) is 0 Å². The Bertz CT molecular complexity index is 1180. The fourth-order valence-corrected chi connectivity index (χ4v) is 8.63. The Kier molecular flexibility index (Phi) is 12.7. The van der Waals surface area contributed by atoms with Crippen LogP contribution in [0.2, 0.25) is 0 Å². The first kappa shape index (κ1) is 34.2. The van der Waals surface area contributed by atoms with Crippen molar-refractivity contribution in [2.24, 2.45) is 5.73 Å². The Balaban J connectivity index is 0.000000356. The SMILES string of the molecule is Cc1ccccc1C(N)=O.O=C(c1cccc(C(=O)N(C2CCCCC2)C2CCCCC2)c1)N(C1CCCCC1)C1CCCCC1. The molecule has 3 amide bonds. The zero-order valence-corrected chi connectivity index (χ0v) is 28.3. The molecular formula is C40H57N3O3. The van der Waals surface area contributed by atoms with E-state index in [9.17, 15) is 14.4 Å². The summed E-state index contributed by atoms with van der Waals surface area (Å²) in [6.07, 6.45) is 24.2. The van der Waals surface area contributed by atoms with Gasteiger partial charge in [-0.25, -0.2) is 0 Å². The summed E-state index contributed by atoms with van der Waals surface area (Å²) >= 11 is 0. The largest absolute Gasteiger partial charge is 0.366 e. The van der Waals surface area contributed by atoms with Gasteiger partial charge in [-0.3, -0.25) is 14.4 Å². The van der Waals surface area contributed by atoms with Crippen molar-refractivity contribution in [3.05, 3.63) is 70.8 Å². The molecule has 250 valence electrons. The number of rotatable bonds is 7.